The van der Waals surface area contributed by atoms with E-state index in [9.17, 15) is 9.59 Å². The van der Waals surface area contributed by atoms with Crippen molar-refractivity contribution in [2.75, 3.05) is 22.5 Å². The standard InChI is InChI=1S/C28H29N5O2/c1-4-21-14-16-22(17-15-21)30-28(35)24-12-8-9-13-25(24)29-18-26(34)31-27-19(2)32-33(20(27)3)23-10-6-5-7-11-23/h5-17,29H,4,18H2,1-3H3,(H,30,35)(H,31,34). The van der Waals surface area contributed by atoms with Gasteiger partial charge in [0.05, 0.1) is 34.9 Å². The molecule has 0 aliphatic heterocycles. The fourth-order valence-electron chi connectivity index (χ4n) is 3.86. The second-order valence-electron chi connectivity index (χ2n) is 8.25. The lowest BCUT2D eigenvalue weighted by molar-refractivity contribution is -0.114. The van der Waals surface area contributed by atoms with Crippen molar-refractivity contribution < 1.29 is 9.59 Å². The third-order valence-electron chi connectivity index (χ3n) is 5.79. The number of para-hydroxylation sites is 2. The highest BCUT2D eigenvalue weighted by atomic mass is 16.2. The van der Waals surface area contributed by atoms with E-state index in [1.165, 1.54) is 5.56 Å². The predicted molar refractivity (Wildman–Crippen MR) is 140 cm³/mol. The Morgan fingerprint density at radius 1 is 0.857 bits per heavy atom. The number of rotatable bonds is 8. The predicted octanol–water partition coefficient (Wildman–Crippen LogP) is 5.35. The van der Waals surface area contributed by atoms with Crippen LogP contribution in [0.1, 0.15) is 34.2 Å². The normalized spacial score (nSPS) is 10.6. The maximum atomic E-state index is 12.9. The zero-order chi connectivity index (χ0) is 24.8. The van der Waals surface area contributed by atoms with Crippen LogP contribution in [0, 0.1) is 13.8 Å². The third-order valence-corrected chi connectivity index (χ3v) is 5.79. The van der Waals surface area contributed by atoms with Crippen molar-refractivity contribution in [1.82, 2.24) is 9.78 Å². The highest BCUT2D eigenvalue weighted by molar-refractivity contribution is 6.08. The third kappa shape index (κ3) is 5.58. The molecule has 0 fully saturated rings. The maximum absolute atomic E-state index is 12.9. The lowest BCUT2D eigenvalue weighted by atomic mass is 10.1. The summed E-state index contributed by atoms with van der Waals surface area (Å²) in [4.78, 5) is 25.6. The molecule has 0 aliphatic rings. The van der Waals surface area contributed by atoms with E-state index in [0.29, 0.717) is 16.9 Å². The van der Waals surface area contributed by atoms with Gasteiger partial charge >= 0.3 is 0 Å². The molecule has 7 nitrogen and oxygen atoms in total. The van der Waals surface area contributed by atoms with Gasteiger partial charge in [-0.05, 0) is 62.2 Å². The number of benzene rings is 3. The van der Waals surface area contributed by atoms with Crippen LogP contribution in [0.3, 0.4) is 0 Å². The first-order chi connectivity index (χ1) is 17.0. The van der Waals surface area contributed by atoms with Crippen molar-refractivity contribution in [3.63, 3.8) is 0 Å². The van der Waals surface area contributed by atoms with E-state index >= 15 is 0 Å². The second kappa shape index (κ2) is 10.7. The second-order valence-corrected chi connectivity index (χ2v) is 8.25. The molecule has 0 saturated heterocycles. The van der Waals surface area contributed by atoms with Gasteiger partial charge in [0.25, 0.3) is 5.91 Å². The number of aryl methyl sites for hydroxylation is 2. The molecule has 0 unspecified atom stereocenters. The Balaban J connectivity index is 1.42. The minimum Gasteiger partial charge on any atom is -0.376 e. The van der Waals surface area contributed by atoms with Gasteiger partial charge in [0.2, 0.25) is 5.91 Å². The van der Waals surface area contributed by atoms with Crippen LogP contribution in [0.15, 0.2) is 78.9 Å². The van der Waals surface area contributed by atoms with Crippen LogP contribution in [0.25, 0.3) is 5.69 Å². The number of aromatic nitrogens is 2. The Labute approximate surface area is 205 Å². The molecule has 0 radical (unpaired) electrons. The van der Waals surface area contributed by atoms with Gasteiger partial charge in [0.1, 0.15) is 0 Å². The summed E-state index contributed by atoms with van der Waals surface area (Å²) in [7, 11) is 0. The zero-order valence-electron chi connectivity index (χ0n) is 20.1. The van der Waals surface area contributed by atoms with E-state index in [-0.39, 0.29) is 18.4 Å². The van der Waals surface area contributed by atoms with E-state index in [1.54, 1.807) is 18.2 Å². The molecule has 1 aromatic heterocycles. The van der Waals surface area contributed by atoms with E-state index in [2.05, 4.69) is 28.0 Å². The minimum absolute atomic E-state index is 0.00485. The molecule has 35 heavy (non-hydrogen) atoms. The molecule has 3 N–H and O–H groups in total. The lowest BCUT2D eigenvalue weighted by Crippen LogP contribution is -2.24. The van der Waals surface area contributed by atoms with Gasteiger partial charge < -0.3 is 16.0 Å². The van der Waals surface area contributed by atoms with Crippen molar-refractivity contribution >= 4 is 28.9 Å². The van der Waals surface area contributed by atoms with Crippen LogP contribution in [-0.4, -0.2) is 28.1 Å². The number of anilines is 3. The average Bonchev–Trinajstić information content (AvgIpc) is 3.17. The minimum atomic E-state index is -0.242. The number of carbonyl (C=O) groups is 2. The van der Waals surface area contributed by atoms with Gasteiger partial charge in [-0.1, -0.05) is 49.4 Å². The topological polar surface area (TPSA) is 88.1 Å². The first kappa shape index (κ1) is 23.8. The SMILES string of the molecule is CCc1ccc(NC(=O)c2ccccc2NCC(=O)Nc2c(C)nn(-c3ccccc3)c2C)cc1. The number of carbonyl (C=O) groups excluding carboxylic acids is 2. The Kier molecular flexibility index (Phi) is 7.26. The van der Waals surface area contributed by atoms with Gasteiger partial charge in [0.15, 0.2) is 0 Å². The number of hydrogen-bond donors (Lipinski definition) is 3. The molecule has 0 bridgehead atoms. The van der Waals surface area contributed by atoms with Crippen LogP contribution in [0.4, 0.5) is 17.1 Å². The summed E-state index contributed by atoms with van der Waals surface area (Å²) in [5.41, 5.74) is 6.16. The van der Waals surface area contributed by atoms with Gasteiger partial charge in [-0.25, -0.2) is 4.68 Å². The Bertz CT molecular complexity index is 1330. The summed E-state index contributed by atoms with van der Waals surface area (Å²) in [5.74, 6) is -0.470. The van der Waals surface area contributed by atoms with E-state index < -0.39 is 0 Å². The average molecular weight is 468 g/mol. The summed E-state index contributed by atoms with van der Waals surface area (Å²) in [6, 6.07) is 24.7. The Hall–Kier alpha value is -4.39. The lowest BCUT2D eigenvalue weighted by Gasteiger charge is -2.13. The highest BCUT2D eigenvalue weighted by Crippen LogP contribution is 2.23. The number of hydrogen-bond acceptors (Lipinski definition) is 4. The first-order valence-corrected chi connectivity index (χ1v) is 11.6. The van der Waals surface area contributed by atoms with Crippen molar-refractivity contribution in [3.05, 3.63) is 101 Å². The van der Waals surface area contributed by atoms with Crippen LogP contribution in [0.5, 0.6) is 0 Å². The molecule has 0 atom stereocenters. The smallest absolute Gasteiger partial charge is 0.257 e. The largest absolute Gasteiger partial charge is 0.376 e. The Morgan fingerprint density at radius 3 is 2.26 bits per heavy atom. The summed E-state index contributed by atoms with van der Waals surface area (Å²) in [5, 5.41) is 13.5. The summed E-state index contributed by atoms with van der Waals surface area (Å²) in [6.07, 6.45) is 0.940. The molecule has 1 heterocycles. The number of amides is 2. The monoisotopic (exact) mass is 467 g/mol. The molecule has 178 valence electrons. The van der Waals surface area contributed by atoms with Crippen molar-refractivity contribution in [3.8, 4) is 5.69 Å². The van der Waals surface area contributed by atoms with Crippen molar-refractivity contribution in [1.29, 1.82) is 0 Å². The van der Waals surface area contributed by atoms with Crippen molar-refractivity contribution in [2.24, 2.45) is 0 Å². The molecule has 3 aromatic carbocycles. The molecule has 7 heteroatoms. The molecule has 0 saturated carbocycles. The van der Waals surface area contributed by atoms with Gasteiger partial charge in [-0.3, -0.25) is 9.59 Å². The zero-order valence-corrected chi connectivity index (χ0v) is 20.1. The summed E-state index contributed by atoms with van der Waals surface area (Å²) < 4.78 is 1.81. The maximum Gasteiger partial charge on any atom is 0.257 e. The van der Waals surface area contributed by atoms with E-state index in [1.807, 2.05) is 79.2 Å². The molecule has 0 aliphatic carbocycles. The fraction of sp³-hybridized carbons (Fsp3) is 0.179. The molecule has 4 rings (SSSR count). The molecule has 0 spiro atoms. The molecule has 2 amide bonds. The van der Waals surface area contributed by atoms with Crippen LogP contribution < -0.4 is 16.0 Å². The summed E-state index contributed by atoms with van der Waals surface area (Å²) in [6.45, 7) is 5.87. The fourth-order valence-corrected chi connectivity index (χ4v) is 3.86. The molecule has 4 aromatic rings. The van der Waals surface area contributed by atoms with Gasteiger partial charge in [0, 0.05) is 11.4 Å². The molecular weight excluding hydrogens is 438 g/mol. The first-order valence-electron chi connectivity index (χ1n) is 11.6. The van der Waals surface area contributed by atoms with Gasteiger partial charge in [-0.2, -0.15) is 5.10 Å². The van der Waals surface area contributed by atoms with Crippen LogP contribution in [-0.2, 0) is 11.2 Å². The molecular formula is C28H29N5O2. The number of nitrogens with zero attached hydrogens (tertiary/aromatic N) is 2. The van der Waals surface area contributed by atoms with Crippen LogP contribution >= 0.6 is 0 Å². The van der Waals surface area contributed by atoms with Crippen LogP contribution in [0.2, 0.25) is 0 Å². The number of nitrogens with one attached hydrogen (secondary N) is 3. The van der Waals surface area contributed by atoms with E-state index in [4.69, 9.17) is 0 Å². The summed E-state index contributed by atoms with van der Waals surface area (Å²) >= 11 is 0. The van der Waals surface area contributed by atoms with Gasteiger partial charge in [-0.15, -0.1) is 0 Å². The Morgan fingerprint density at radius 2 is 1.54 bits per heavy atom. The quantitative estimate of drug-likeness (QED) is 0.326. The highest BCUT2D eigenvalue weighted by Gasteiger charge is 2.16. The van der Waals surface area contributed by atoms with E-state index in [0.717, 1.165) is 29.2 Å². The van der Waals surface area contributed by atoms with Crippen molar-refractivity contribution in [2.45, 2.75) is 27.2 Å².